The first-order chi connectivity index (χ1) is 14.2. The maximum Gasteiger partial charge on any atom is 0.262 e. The molecule has 7 nitrogen and oxygen atoms in total. The lowest BCUT2D eigenvalue weighted by Crippen LogP contribution is -2.37. The van der Waals surface area contributed by atoms with Crippen LogP contribution in [-0.4, -0.2) is 35.7 Å². The van der Waals surface area contributed by atoms with Crippen LogP contribution in [0.2, 0.25) is 0 Å². The lowest BCUT2D eigenvalue weighted by molar-refractivity contribution is 0.321. The Morgan fingerprint density at radius 1 is 1.10 bits per heavy atom. The highest BCUT2D eigenvalue weighted by molar-refractivity contribution is 7.93. The summed E-state index contributed by atoms with van der Waals surface area (Å²) in [5.41, 5.74) is 1.53. The van der Waals surface area contributed by atoms with Gasteiger partial charge in [-0.3, -0.25) is 9.03 Å². The first kappa shape index (κ1) is 22.4. The molecule has 0 bridgehead atoms. The Bertz CT molecular complexity index is 1130. The molecule has 3 rings (SSSR count). The van der Waals surface area contributed by atoms with Crippen LogP contribution in [0, 0.1) is 5.82 Å². The van der Waals surface area contributed by atoms with Crippen LogP contribution >= 0.6 is 0 Å². The summed E-state index contributed by atoms with van der Waals surface area (Å²) in [6.45, 7) is 4.11. The van der Waals surface area contributed by atoms with Crippen molar-refractivity contribution in [1.29, 1.82) is 0 Å². The molecule has 0 atom stereocenters. The molecule has 0 unspecified atom stereocenters. The highest BCUT2D eigenvalue weighted by Crippen LogP contribution is 2.33. The van der Waals surface area contributed by atoms with Gasteiger partial charge in [0.15, 0.2) is 11.6 Å². The fourth-order valence-electron chi connectivity index (χ4n) is 3.40. The van der Waals surface area contributed by atoms with Gasteiger partial charge in [0.05, 0.1) is 28.6 Å². The minimum Gasteiger partial charge on any atom is -0.491 e. The normalized spacial score (nSPS) is 14.3. The van der Waals surface area contributed by atoms with Crippen LogP contribution in [0.15, 0.2) is 41.3 Å². The smallest absolute Gasteiger partial charge is 0.262 e. The zero-order valence-electron chi connectivity index (χ0n) is 16.9. The zero-order valence-corrected chi connectivity index (χ0v) is 18.5. The monoisotopic (exact) mass is 456 g/mol. The molecule has 0 aromatic heterocycles. The quantitative estimate of drug-likeness (QED) is 0.656. The largest absolute Gasteiger partial charge is 0.491 e. The maximum absolute atomic E-state index is 14.1. The molecule has 2 aromatic rings. The van der Waals surface area contributed by atoms with Gasteiger partial charge in [-0.1, -0.05) is 13.0 Å². The number of hydrogen-bond donors (Lipinski definition) is 1. The minimum atomic E-state index is -4.07. The molecule has 1 aliphatic rings. The van der Waals surface area contributed by atoms with Crippen LogP contribution in [0.25, 0.3) is 0 Å². The van der Waals surface area contributed by atoms with Gasteiger partial charge in [0.25, 0.3) is 10.0 Å². The van der Waals surface area contributed by atoms with Crippen LogP contribution in [0.5, 0.6) is 5.75 Å². The number of halogens is 1. The van der Waals surface area contributed by atoms with Crippen molar-refractivity contribution in [3.05, 3.63) is 47.8 Å². The summed E-state index contributed by atoms with van der Waals surface area (Å²) in [6.07, 6.45) is 1.90. The number of ether oxygens (including phenoxy) is 1. The van der Waals surface area contributed by atoms with Crippen molar-refractivity contribution >= 4 is 31.4 Å². The number of fused-ring (bicyclic) bond motifs is 1. The van der Waals surface area contributed by atoms with Crippen molar-refractivity contribution in [2.75, 3.05) is 27.9 Å². The zero-order chi connectivity index (χ0) is 21.9. The summed E-state index contributed by atoms with van der Waals surface area (Å²) in [6, 6.07) is 8.23. The highest BCUT2D eigenvalue weighted by atomic mass is 32.2. The van der Waals surface area contributed by atoms with Gasteiger partial charge in [-0.15, -0.1) is 0 Å². The van der Waals surface area contributed by atoms with E-state index in [-0.39, 0.29) is 28.7 Å². The van der Waals surface area contributed by atoms with Gasteiger partial charge in [-0.05, 0) is 62.1 Å². The molecular formula is C20H25FN2O5S2. The molecule has 0 aliphatic carbocycles. The van der Waals surface area contributed by atoms with E-state index in [1.54, 1.807) is 26.0 Å². The van der Waals surface area contributed by atoms with Gasteiger partial charge in [0.1, 0.15) is 0 Å². The minimum absolute atomic E-state index is 0.0217. The standard InChI is InChI=1S/C20H25FN2O5S2/c1-3-12-29(24,25)23-11-5-6-15-7-8-16(13-19(15)23)22-30(26,27)17-9-10-20(28-4-2)18(21)14-17/h7-10,13-14,22H,3-6,11-12H2,1-2H3. The predicted molar refractivity (Wildman–Crippen MR) is 115 cm³/mol. The second kappa shape index (κ2) is 8.81. The molecule has 0 radical (unpaired) electrons. The Balaban J connectivity index is 1.92. The second-order valence-electron chi connectivity index (χ2n) is 6.97. The topological polar surface area (TPSA) is 92.8 Å². The lowest BCUT2D eigenvalue weighted by Gasteiger charge is -2.31. The van der Waals surface area contributed by atoms with E-state index in [2.05, 4.69) is 4.72 Å². The number of hydrogen-bond acceptors (Lipinski definition) is 5. The van der Waals surface area contributed by atoms with Crippen LogP contribution < -0.4 is 13.8 Å². The van der Waals surface area contributed by atoms with E-state index < -0.39 is 25.9 Å². The number of benzene rings is 2. The summed E-state index contributed by atoms with van der Waals surface area (Å²) < 4.78 is 73.6. The van der Waals surface area contributed by atoms with E-state index in [4.69, 9.17) is 4.74 Å². The SMILES string of the molecule is CCCS(=O)(=O)N1CCCc2ccc(NS(=O)(=O)c3ccc(OCC)c(F)c3)cc21. The molecule has 10 heteroatoms. The molecule has 0 fully saturated rings. The number of rotatable bonds is 8. The first-order valence-electron chi connectivity index (χ1n) is 9.76. The maximum atomic E-state index is 14.1. The Hall–Kier alpha value is -2.33. The van der Waals surface area contributed by atoms with Crippen molar-refractivity contribution in [3.63, 3.8) is 0 Å². The number of sulfonamides is 2. The lowest BCUT2D eigenvalue weighted by atomic mass is 10.0. The van der Waals surface area contributed by atoms with E-state index in [0.29, 0.717) is 31.5 Å². The van der Waals surface area contributed by atoms with Crippen molar-refractivity contribution in [2.45, 2.75) is 38.0 Å². The van der Waals surface area contributed by atoms with Crippen molar-refractivity contribution in [2.24, 2.45) is 0 Å². The van der Waals surface area contributed by atoms with E-state index in [1.807, 2.05) is 0 Å². The first-order valence-corrected chi connectivity index (χ1v) is 12.9. The van der Waals surface area contributed by atoms with Crippen LogP contribution in [0.1, 0.15) is 32.3 Å². The van der Waals surface area contributed by atoms with Crippen LogP contribution in [0.3, 0.4) is 0 Å². The summed E-state index contributed by atoms with van der Waals surface area (Å²) in [5, 5.41) is 0. The van der Waals surface area contributed by atoms with Crippen molar-refractivity contribution in [1.82, 2.24) is 0 Å². The third-order valence-corrected chi connectivity index (χ3v) is 8.08. The average Bonchev–Trinajstić information content (AvgIpc) is 2.68. The summed E-state index contributed by atoms with van der Waals surface area (Å²) in [4.78, 5) is -0.253. The van der Waals surface area contributed by atoms with Gasteiger partial charge in [0.2, 0.25) is 10.0 Å². The van der Waals surface area contributed by atoms with E-state index in [1.165, 1.54) is 22.5 Å². The van der Waals surface area contributed by atoms with Crippen molar-refractivity contribution in [3.8, 4) is 5.75 Å². The van der Waals surface area contributed by atoms with Gasteiger partial charge < -0.3 is 4.74 Å². The van der Waals surface area contributed by atoms with Gasteiger partial charge >= 0.3 is 0 Å². The van der Waals surface area contributed by atoms with Crippen LogP contribution in [0.4, 0.5) is 15.8 Å². The molecule has 0 saturated heterocycles. The molecule has 1 heterocycles. The fourth-order valence-corrected chi connectivity index (χ4v) is 6.07. The molecule has 0 saturated carbocycles. The number of nitrogens with one attached hydrogen (secondary N) is 1. The molecule has 1 aliphatic heterocycles. The van der Waals surface area contributed by atoms with E-state index in [9.17, 15) is 21.2 Å². The third-order valence-electron chi connectivity index (χ3n) is 4.72. The highest BCUT2D eigenvalue weighted by Gasteiger charge is 2.27. The van der Waals surface area contributed by atoms with Crippen LogP contribution in [-0.2, 0) is 26.5 Å². The molecule has 0 spiro atoms. The average molecular weight is 457 g/mol. The second-order valence-corrected chi connectivity index (χ2v) is 10.7. The van der Waals surface area contributed by atoms with Crippen molar-refractivity contribution < 1.29 is 26.0 Å². The molecule has 30 heavy (non-hydrogen) atoms. The Morgan fingerprint density at radius 2 is 1.87 bits per heavy atom. The van der Waals surface area contributed by atoms with Gasteiger partial charge in [-0.2, -0.15) is 0 Å². The summed E-state index contributed by atoms with van der Waals surface area (Å²) in [5.74, 6) is -0.780. The summed E-state index contributed by atoms with van der Waals surface area (Å²) in [7, 11) is -7.55. The Labute approximate surface area is 177 Å². The molecule has 2 aromatic carbocycles. The number of anilines is 2. The number of nitrogens with zero attached hydrogens (tertiary/aromatic N) is 1. The Kier molecular flexibility index (Phi) is 6.56. The molecule has 1 N–H and O–H groups in total. The molecule has 164 valence electrons. The van der Waals surface area contributed by atoms with Gasteiger partial charge in [0, 0.05) is 6.54 Å². The molecular weight excluding hydrogens is 431 g/mol. The molecule has 0 amide bonds. The van der Waals surface area contributed by atoms with Gasteiger partial charge in [-0.25, -0.2) is 21.2 Å². The number of aryl methyl sites for hydroxylation is 1. The van der Waals surface area contributed by atoms with E-state index in [0.717, 1.165) is 11.6 Å². The fraction of sp³-hybridized carbons (Fsp3) is 0.400. The predicted octanol–water partition coefficient (Wildman–Crippen LogP) is 3.52. The summed E-state index contributed by atoms with van der Waals surface area (Å²) >= 11 is 0. The Morgan fingerprint density at radius 3 is 2.53 bits per heavy atom. The third kappa shape index (κ3) is 4.70. The van der Waals surface area contributed by atoms with E-state index >= 15 is 0 Å².